The van der Waals surface area contributed by atoms with Gasteiger partial charge in [-0.2, -0.15) is 0 Å². The average Bonchev–Trinajstić information content (AvgIpc) is 2.56. The van der Waals surface area contributed by atoms with E-state index in [-0.39, 0.29) is 0 Å². The summed E-state index contributed by atoms with van der Waals surface area (Å²) >= 11 is 0. The molecule has 1 aliphatic heterocycles. The largest absolute Gasteiger partial charge is 0.390 e. The van der Waals surface area contributed by atoms with Gasteiger partial charge in [-0.15, -0.1) is 0 Å². The van der Waals surface area contributed by atoms with E-state index < -0.39 is 18.6 Å². The van der Waals surface area contributed by atoms with Gasteiger partial charge in [-0.05, 0) is 16.3 Å². The lowest BCUT2D eigenvalue weighted by Crippen LogP contribution is -2.51. The van der Waals surface area contributed by atoms with Gasteiger partial charge >= 0.3 is 0 Å². The van der Waals surface area contributed by atoms with Crippen LogP contribution in [0.5, 0.6) is 0 Å². The van der Waals surface area contributed by atoms with E-state index >= 15 is 0 Å². The SMILES string of the molecule is OCC(F)(F)[C@H](c1cccc2ccccc12)N1CCNCC1. The first kappa shape index (κ1) is 15.3. The lowest BCUT2D eigenvalue weighted by Gasteiger charge is -2.39. The second kappa shape index (κ2) is 6.28. The summed E-state index contributed by atoms with van der Waals surface area (Å²) < 4.78 is 29.0. The Hall–Kier alpha value is -1.56. The van der Waals surface area contributed by atoms with Gasteiger partial charge in [0.2, 0.25) is 0 Å². The molecule has 1 fully saturated rings. The summed E-state index contributed by atoms with van der Waals surface area (Å²) in [6.07, 6.45) is 0. The van der Waals surface area contributed by atoms with Gasteiger partial charge in [0.05, 0.1) is 0 Å². The fourth-order valence-corrected chi connectivity index (χ4v) is 3.21. The summed E-state index contributed by atoms with van der Waals surface area (Å²) in [5.41, 5.74) is 0.582. The standard InChI is InChI=1S/C17H20F2N2O/c18-17(19,12-22)16(21-10-8-20-9-11-21)15-7-3-5-13-4-1-2-6-14(13)15/h1-7,16,20,22H,8-12H2/t16-/m0/s1. The summed E-state index contributed by atoms with van der Waals surface area (Å²) in [6, 6.07) is 11.9. The van der Waals surface area contributed by atoms with Crippen molar-refractivity contribution in [3.63, 3.8) is 0 Å². The van der Waals surface area contributed by atoms with Crippen LogP contribution in [0.1, 0.15) is 11.6 Å². The minimum absolute atomic E-state index is 0.545. The Labute approximate surface area is 128 Å². The number of hydrogen-bond acceptors (Lipinski definition) is 3. The molecule has 0 radical (unpaired) electrons. The molecule has 3 rings (SSSR count). The summed E-state index contributed by atoms with van der Waals surface area (Å²) in [5.74, 6) is -3.18. The molecule has 1 aliphatic rings. The normalized spacial score (nSPS) is 18.5. The highest BCUT2D eigenvalue weighted by molar-refractivity contribution is 5.86. The molecule has 1 heterocycles. The number of fused-ring (bicyclic) bond motifs is 1. The molecule has 0 spiro atoms. The van der Waals surface area contributed by atoms with Crippen LogP contribution in [0, 0.1) is 0 Å². The number of halogens is 2. The van der Waals surface area contributed by atoms with Crippen molar-refractivity contribution in [2.45, 2.75) is 12.0 Å². The first-order valence-electron chi connectivity index (χ1n) is 7.54. The first-order chi connectivity index (χ1) is 10.6. The van der Waals surface area contributed by atoms with Crippen molar-refractivity contribution < 1.29 is 13.9 Å². The number of alkyl halides is 2. The third-order valence-corrected chi connectivity index (χ3v) is 4.25. The zero-order valence-electron chi connectivity index (χ0n) is 12.3. The Bertz CT molecular complexity index is 636. The molecule has 1 atom stereocenters. The fraction of sp³-hybridized carbons (Fsp3) is 0.412. The first-order valence-corrected chi connectivity index (χ1v) is 7.54. The van der Waals surface area contributed by atoms with Crippen LogP contribution in [0.2, 0.25) is 0 Å². The summed E-state index contributed by atoms with van der Waals surface area (Å²) in [5, 5.41) is 14.2. The van der Waals surface area contributed by atoms with E-state index in [1.54, 1.807) is 17.0 Å². The molecule has 3 nitrogen and oxygen atoms in total. The van der Waals surface area contributed by atoms with Crippen LogP contribution in [0.25, 0.3) is 10.8 Å². The van der Waals surface area contributed by atoms with Crippen LogP contribution in [-0.4, -0.2) is 48.7 Å². The van der Waals surface area contributed by atoms with Gasteiger partial charge in [-0.25, -0.2) is 8.78 Å². The van der Waals surface area contributed by atoms with Crippen molar-refractivity contribution in [3.05, 3.63) is 48.0 Å². The quantitative estimate of drug-likeness (QED) is 0.910. The van der Waals surface area contributed by atoms with E-state index in [2.05, 4.69) is 5.32 Å². The van der Waals surface area contributed by atoms with Crippen molar-refractivity contribution in [3.8, 4) is 0 Å². The molecule has 2 N–H and O–H groups in total. The Balaban J connectivity index is 2.11. The molecule has 118 valence electrons. The zero-order chi connectivity index (χ0) is 15.6. The number of benzene rings is 2. The number of rotatable bonds is 4. The molecule has 0 aromatic heterocycles. The Morgan fingerprint density at radius 2 is 1.77 bits per heavy atom. The number of hydrogen-bond donors (Lipinski definition) is 2. The van der Waals surface area contributed by atoms with Crippen molar-refractivity contribution >= 4 is 10.8 Å². The van der Waals surface area contributed by atoms with Crippen molar-refractivity contribution in [2.75, 3.05) is 32.8 Å². The molecule has 1 saturated heterocycles. The third-order valence-electron chi connectivity index (χ3n) is 4.25. The molecule has 0 bridgehead atoms. The van der Waals surface area contributed by atoms with Crippen LogP contribution < -0.4 is 5.32 Å². The molecule has 0 unspecified atom stereocenters. The van der Waals surface area contributed by atoms with E-state index in [0.29, 0.717) is 31.7 Å². The predicted octanol–water partition coefficient (Wildman–Crippen LogP) is 2.41. The molecule has 0 aliphatic carbocycles. The lowest BCUT2D eigenvalue weighted by atomic mass is 9.93. The second-order valence-electron chi connectivity index (χ2n) is 5.68. The van der Waals surface area contributed by atoms with Crippen molar-refractivity contribution in [2.24, 2.45) is 0 Å². The van der Waals surface area contributed by atoms with E-state index in [0.717, 1.165) is 10.8 Å². The number of piperazine rings is 1. The summed E-state index contributed by atoms with van der Waals surface area (Å²) in [4.78, 5) is 1.77. The van der Waals surface area contributed by atoms with Crippen LogP contribution in [0.4, 0.5) is 8.78 Å². The third kappa shape index (κ3) is 2.84. The van der Waals surface area contributed by atoms with Gasteiger partial charge in [0.15, 0.2) is 0 Å². The molecule has 0 amide bonds. The topological polar surface area (TPSA) is 35.5 Å². The van der Waals surface area contributed by atoms with E-state index in [4.69, 9.17) is 0 Å². The monoisotopic (exact) mass is 306 g/mol. The van der Waals surface area contributed by atoms with Crippen LogP contribution in [0.3, 0.4) is 0 Å². The molecule has 0 saturated carbocycles. The summed E-state index contributed by atoms with van der Waals surface area (Å²) in [7, 11) is 0. The van der Waals surface area contributed by atoms with Gasteiger partial charge in [0.25, 0.3) is 5.92 Å². The zero-order valence-corrected chi connectivity index (χ0v) is 12.3. The van der Waals surface area contributed by atoms with Crippen molar-refractivity contribution in [1.29, 1.82) is 0 Å². The predicted molar refractivity (Wildman–Crippen MR) is 83.2 cm³/mol. The van der Waals surface area contributed by atoms with Crippen LogP contribution in [-0.2, 0) is 0 Å². The average molecular weight is 306 g/mol. The lowest BCUT2D eigenvalue weighted by molar-refractivity contribution is -0.118. The Morgan fingerprint density at radius 1 is 1.09 bits per heavy atom. The molecular formula is C17H20F2N2O. The molecule has 5 heteroatoms. The maximum absolute atomic E-state index is 14.5. The summed E-state index contributed by atoms with van der Waals surface area (Å²) in [6.45, 7) is 1.31. The Morgan fingerprint density at radius 3 is 2.50 bits per heavy atom. The molecule has 2 aromatic rings. The van der Waals surface area contributed by atoms with Gasteiger partial charge in [0, 0.05) is 26.2 Å². The minimum Gasteiger partial charge on any atom is -0.390 e. The highest BCUT2D eigenvalue weighted by Gasteiger charge is 2.44. The highest BCUT2D eigenvalue weighted by Crippen LogP contribution is 2.39. The fourth-order valence-electron chi connectivity index (χ4n) is 3.21. The van der Waals surface area contributed by atoms with Crippen LogP contribution in [0.15, 0.2) is 42.5 Å². The van der Waals surface area contributed by atoms with Crippen molar-refractivity contribution in [1.82, 2.24) is 10.2 Å². The number of aliphatic hydroxyl groups excluding tert-OH is 1. The molecule has 2 aromatic carbocycles. The number of aliphatic hydroxyl groups is 1. The Kier molecular flexibility index (Phi) is 4.38. The molecular weight excluding hydrogens is 286 g/mol. The highest BCUT2D eigenvalue weighted by atomic mass is 19.3. The number of nitrogens with zero attached hydrogens (tertiary/aromatic N) is 1. The van der Waals surface area contributed by atoms with Gasteiger partial charge in [-0.3, -0.25) is 4.90 Å². The van der Waals surface area contributed by atoms with E-state index in [1.165, 1.54) is 0 Å². The van der Waals surface area contributed by atoms with Gasteiger partial charge in [0.1, 0.15) is 12.6 Å². The minimum atomic E-state index is -3.18. The second-order valence-corrected chi connectivity index (χ2v) is 5.68. The number of nitrogens with one attached hydrogen (secondary N) is 1. The molecule has 22 heavy (non-hydrogen) atoms. The van der Waals surface area contributed by atoms with Gasteiger partial charge in [-0.1, -0.05) is 42.5 Å². The van der Waals surface area contributed by atoms with E-state index in [9.17, 15) is 13.9 Å². The smallest absolute Gasteiger partial charge is 0.289 e. The maximum atomic E-state index is 14.5. The van der Waals surface area contributed by atoms with Gasteiger partial charge < -0.3 is 10.4 Å². The van der Waals surface area contributed by atoms with E-state index in [1.807, 2.05) is 30.3 Å². The van der Waals surface area contributed by atoms with Crippen LogP contribution >= 0.6 is 0 Å². The maximum Gasteiger partial charge on any atom is 0.289 e.